The van der Waals surface area contributed by atoms with Crippen molar-refractivity contribution in [3.63, 3.8) is 0 Å². The molecule has 0 bridgehead atoms. The van der Waals surface area contributed by atoms with Gasteiger partial charge in [-0.25, -0.2) is 18.1 Å². The van der Waals surface area contributed by atoms with Gasteiger partial charge in [-0.05, 0) is 55.7 Å². The Balaban J connectivity index is 1.39. The Morgan fingerprint density at radius 3 is 2.68 bits per heavy atom. The quantitative estimate of drug-likeness (QED) is 0.284. The molecule has 1 aliphatic heterocycles. The molecule has 1 atom stereocenters. The maximum atomic E-state index is 13.7. The predicted octanol–water partition coefficient (Wildman–Crippen LogP) is 4.24. The third kappa shape index (κ3) is 5.01. The number of amides is 1. The van der Waals surface area contributed by atoms with Crippen LogP contribution in [0.5, 0.6) is 11.5 Å². The number of H-pyrrole nitrogens is 1. The van der Waals surface area contributed by atoms with E-state index in [-0.39, 0.29) is 23.5 Å². The molecule has 6 rings (SSSR count). The number of carbonyl (C=O) groups excluding carboxylic acids is 1. The molecule has 11 heteroatoms. The first-order valence-corrected chi connectivity index (χ1v) is 15.3. The van der Waals surface area contributed by atoms with Gasteiger partial charge in [0.05, 0.1) is 54.1 Å². The lowest BCUT2D eigenvalue weighted by atomic mass is 10.0. The van der Waals surface area contributed by atoms with Crippen LogP contribution in [0.1, 0.15) is 34.1 Å². The molecule has 10 nitrogen and oxygen atoms in total. The zero-order valence-electron chi connectivity index (χ0n) is 23.1. The molecule has 0 aliphatic carbocycles. The Morgan fingerprint density at radius 1 is 1.12 bits per heavy atom. The van der Waals surface area contributed by atoms with Crippen LogP contribution in [-0.4, -0.2) is 66.3 Å². The molecular formula is C30H31N5O5S. The van der Waals surface area contributed by atoms with Crippen LogP contribution in [-0.2, 0) is 16.3 Å². The molecule has 1 aliphatic rings. The monoisotopic (exact) mass is 573 g/mol. The van der Waals surface area contributed by atoms with E-state index in [9.17, 15) is 13.2 Å². The van der Waals surface area contributed by atoms with E-state index in [0.29, 0.717) is 58.9 Å². The summed E-state index contributed by atoms with van der Waals surface area (Å²) in [4.78, 5) is 21.9. The number of aryl methyl sites for hydroxylation is 1. The number of carbonyl (C=O) groups is 1. The summed E-state index contributed by atoms with van der Waals surface area (Å²) < 4.78 is 37.2. The lowest BCUT2D eigenvalue weighted by Gasteiger charge is -2.13. The molecule has 2 N–H and O–H groups in total. The van der Waals surface area contributed by atoms with Crippen molar-refractivity contribution < 1.29 is 22.7 Å². The van der Waals surface area contributed by atoms with Gasteiger partial charge in [-0.15, -0.1) is 0 Å². The Labute approximate surface area is 237 Å². The largest absolute Gasteiger partial charge is 0.493 e. The second-order valence-electron chi connectivity index (χ2n) is 10.3. The van der Waals surface area contributed by atoms with Gasteiger partial charge in [0.25, 0.3) is 5.91 Å². The van der Waals surface area contributed by atoms with Gasteiger partial charge >= 0.3 is 0 Å². The van der Waals surface area contributed by atoms with Crippen LogP contribution in [0.2, 0.25) is 0 Å². The summed E-state index contributed by atoms with van der Waals surface area (Å²) >= 11 is 0. The Hall–Kier alpha value is -4.38. The molecule has 1 fully saturated rings. The molecule has 0 radical (unpaired) electrons. The number of methoxy groups -OCH3 is 2. The van der Waals surface area contributed by atoms with Crippen LogP contribution in [0.25, 0.3) is 33.2 Å². The van der Waals surface area contributed by atoms with Crippen molar-refractivity contribution in [2.45, 2.75) is 25.8 Å². The molecule has 1 saturated heterocycles. The van der Waals surface area contributed by atoms with Crippen LogP contribution < -0.4 is 14.8 Å². The van der Waals surface area contributed by atoms with Crippen LogP contribution in [0.4, 0.5) is 0 Å². The zero-order chi connectivity index (χ0) is 28.7. The number of hydrogen-bond donors (Lipinski definition) is 2. The highest BCUT2D eigenvalue weighted by molar-refractivity contribution is 7.91. The minimum Gasteiger partial charge on any atom is -0.493 e. The highest BCUT2D eigenvalue weighted by Crippen LogP contribution is 2.35. The normalized spacial score (nSPS) is 16.3. The molecule has 4 heterocycles. The van der Waals surface area contributed by atoms with E-state index in [4.69, 9.17) is 19.6 Å². The number of para-hydroxylation sites is 1. The van der Waals surface area contributed by atoms with Gasteiger partial charge in [-0.1, -0.05) is 18.2 Å². The van der Waals surface area contributed by atoms with Crippen molar-refractivity contribution in [3.8, 4) is 22.8 Å². The molecule has 5 aromatic rings. The van der Waals surface area contributed by atoms with Gasteiger partial charge in [0.15, 0.2) is 27.0 Å². The number of aromatic amines is 1. The van der Waals surface area contributed by atoms with E-state index in [1.165, 1.54) is 0 Å². The fraction of sp³-hybridized carbons (Fsp3) is 0.300. The minimum atomic E-state index is -3.16. The number of rotatable bonds is 8. The van der Waals surface area contributed by atoms with E-state index in [2.05, 4.69) is 16.4 Å². The minimum absolute atomic E-state index is 0.00234. The van der Waals surface area contributed by atoms with Gasteiger partial charge in [-0.2, -0.15) is 5.10 Å². The van der Waals surface area contributed by atoms with Crippen LogP contribution in [0.3, 0.4) is 0 Å². The SMILES string of the molecule is COc1ccc(-c2cc(C(=O)NCCc3c[nH]c4ccccc34)c3c(C)nn(C4CCS(=O)(=O)C4)c3n2)cc1OC. The van der Waals surface area contributed by atoms with Crippen molar-refractivity contribution in [1.29, 1.82) is 0 Å². The molecule has 212 valence electrons. The number of sulfone groups is 1. The molecule has 41 heavy (non-hydrogen) atoms. The molecule has 1 unspecified atom stereocenters. The molecular weight excluding hydrogens is 542 g/mol. The molecule has 0 saturated carbocycles. The Kier molecular flexibility index (Phi) is 6.90. The molecule has 1 amide bonds. The van der Waals surface area contributed by atoms with Gasteiger partial charge in [0.2, 0.25) is 0 Å². The standard InChI is InChI=1S/C30H31N5O5S/c1-18-28-23(30(36)31-12-10-20-16-32-24-7-5-4-6-22(20)24)15-25(19-8-9-26(39-2)27(14-19)40-3)33-29(28)35(34-18)21-11-13-41(37,38)17-21/h4-9,14-16,21,32H,10-13,17H2,1-3H3,(H,31,36). The van der Waals surface area contributed by atoms with Crippen molar-refractivity contribution in [2.24, 2.45) is 0 Å². The number of nitrogens with zero attached hydrogens (tertiary/aromatic N) is 3. The average Bonchev–Trinajstić information content (AvgIpc) is 3.66. The number of hydrogen-bond acceptors (Lipinski definition) is 7. The highest BCUT2D eigenvalue weighted by Gasteiger charge is 2.32. The third-order valence-electron chi connectivity index (χ3n) is 7.67. The maximum Gasteiger partial charge on any atom is 0.252 e. The number of ether oxygens (including phenoxy) is 2. The average molecular weight is 574 g/mol. The van der Waals surface area contributed by atoms with Gasteiger partial charge in [0.1, 0.15) is 0 Å². The van der Waals surface area contributed by atoms with Crippen molar-refractivity contribution in [2.75, 3.05) is 32.3 Å². The fourth-order valence-corrected chi connectivity index (χ4v) is 7.29. The van der Waals surface area contributed by atoms with Crippen LogP contribution in [0.15, 0.2) is 54.7 Å². The Morgan fingerprint density at radius 2 is 1.93 bits per heavy atom. The molecule has 2 aromatic carbocycles. The smallest absolute Gasteiger partial charge is 0.252 e. The summed E-state index contributed by atoms with van der Waals surface area (Å²) in [6.07, 6.45) is 3.08. The first-order valence-electron chi connectivity index (χ1n) is 13.4. The van der Waals surface area contributed by atoms with Crippen molar-refractivity contribution in [1.82, 2.24) is 25.1 Å². The second-order valence-corrected chi connectivity index (χ2v) is 12.5. The Bertz CT molecular complexity index is 1890. The fourth-order valence-electron chi connectivity index (χ4n) is 5.60. The number of benzene rings is 2. The van der Waals surface area contributed by atoms with E-state index < -0.39 is 9.84 Å². The maximum absolute atomic E-state index is 13.7. The van der Waals surface area contributed by atoms with Gasteiger partial charge in [-0.3, -0.25) is 4.79 Å². The van der Waals surface area contributed by atoms with Gasteiger partial charge < -0.3 is 19.8 Å². The van der Waals surface area contributed by atoms with Crippen LogP contribution in [0, 0.1) is 6.92 Å². The number of pyridine rings is 1. The number of fused-ring (bicyclic) bond motifs is 2. The summed E-state index contributed by atoms with van der Waals surface area (Å²) in [7, 11) is -0.0323. The third-order valence-corrected chi connectivity index (χ3v) is 9.42. The molecule has 0 spiro atoms. The zero-order valence-corrected chi connectivity index (χ0v) is 23.9. The highest BCUT2D eigenvalue weighted by atomic mass is 32.2. The lowest BCUT2D eigenvalue weighted by Crippen LogP contribution is -2.26. The second kappa shape index (κ2) is 10.5. The number of nitrogens with one attached hydrogen (secondary N) is 2. The number of aromatic nitrogens is 4. The molecule has 3 aromatic heterocycles. The summed E-state index contributed by atoms with van der Waals surface area (Å²) in [6.45, 7) is 2.26. The van der Waals surface area contributed by atoms with Crippen molar-refractivity contribution in [3.05, 3.63) is 71.5 Å². The summed E-state index contributed by atoms with van der Waals surface area (Å²) in [6, 6.07) is 14.9. The summed E-state index contributed by atoms with van der Waals surface area (Å²) in [5.41, 5.74) is 4.99. The topological polar surface area (TPSA) is 128 Å². The van der Waals surface area contributed by atoms with Crippen molar-refractivity contribution >= 4 is 37.7 Å². The van der Waals surface area contributed by atoms with E-state index in [0.717, 1.165) is 22.0 Å². The van der Waals surface area contributed by atoms with Crippen LogP contribution >= 0.6 is 0 Å². The lowest BCUT2D eigenvalue weighted by molar-refractivity contribution is 0.0955. The van der Waals surface area contributed by atoms with Gasteiger partial charge in [0, 0.05) is 29.2 Å². The van der Waals surface area contributed by atoms with E-state index in [1.54, 1.807) is 37.1 Å². The predicted molar refractivity (Wildman–Crippen MR) is 157 cm³/mol. The van der Waals surface area contributed by atoms with E-state index >= 15 is 0 Å². The summed E-state index contributed by atoms with van der Waals surface area (Å²) in [5.74, 6) is 0.959. The summed E-state index contributed by atoms with van der Waals surface area (Å²) in [5, 5.41) is 9.51. The van der Waals surface area contributed by atoms with E-state index in [1.807, 2.05) is 37.4 Å². The first kappa shape index (κ1) is 26.8. The first-order chi connectivity index (χ1) is 19.8.